The van der Waals surface area contributed by atoms with Gasteiger partial charge in [0.1, 0.15) is 11.0 Å². The first kappa shape index (κ1) is 11.7. The maximum Gasteiger partial charge on any atom is 0.153 e. The Hall–Kier alpha value is -1.74. The van der Waals surface area contributed by atoms with Gasteiger partial charge in [0.05, 0.1) is 0 Å². The van der Waals surface area contributed by atoms with E-state index in [9.17, 15) is 4.39 Å². The van der Waals surface area contributed by atoms with Gasteiger partial charge in [0.15, 0.2) is 5.82 Å². The molecule has 2 nitrogen and oxygen atoms in total. The Balaban J connectivity index is 2.25. The topological polar surface area (TPSA) is 25.8 Å². The van der Waals surface area contributed by atoms with E-state index in [2.05, 4.69) is 9.97 Å². The maximum atomic E-state index is 12.9. The summed E-state index contributed by atoms with van der Waals surface area (Å²) in [4.78, 5) is 8.24. The number of rotatable bonds is 2. The van der Waals surface area contributed by atoms with Crippen LogP contribution in [0.1, 0.15) is 17.1 Å². The average Bonchev–Trinajstić information content (AvgIpc) is 2.25. The zero-order valence-electron chi connectivity index (χ0n) is 9.19. The minimum Gasteiger partial charge on any atom is -0.234 e. The van der Waals surface area contributed by atoms with Crippen LogP contribution in [0.25, 0.3) is 12.2 Å². The van der Waals surface area contributed by atoms with Gasteiger partial charge in [-0.1, -0.05) is 29.8 Å². The molecule has 0 bridgehead atoms. The molecule has 17 heavy (non-hydrogen) atoms. The highest BCUT2D eigenvalue weighted by atomic mass is 35.5. The second-order valence-corrected chi connectivity index (χ2v) is 3.97. The van der Waals surface area contributed by atoms with Crippen molar-refractivity contribution in [2.75, 3.05) is 0 Å². The van der Waals surface area contributed by atoms with Crippen LogP contribution in [0.2, 0.25) is 5.15 Å². The van der Waals surface area contributed by atoms with E-state index in [1.807, 2.05) is 6.92 Å². The van der Waals surface area contributed by atoms with Gasteiger partial charge >= 0.3 is 0 Å². The van der Waals surface area contributed by atoms with Gasteiger partial charge < -0.3 is 0 Å². The second kappa shape index (κ2) is 5.06. The SMILES string of the molecule is Cc1cc(Cl)nc(C=Cc2cccc(F)c2)n1. The van der Waals surface area contributed by atoms with E-state index in [0.717, 1.165) is 11.3 Å². The van der Waals surface area contributed by atoms with Crippen molar-refractivity contribution >= 4 is 23.8 Å². The highest BCUT2D eigenvalue weighted by Crippen LogP contribution is 2.10. The zero-order chi connectivity index (χ0) is 12.3. The lowest BCUT2D eigenvalue weighted by Gasteiger charge is -1.97. The van der Waals surface area contributed by atoms with Gasteiger partial charge in [0.25, 0.3) is 0 Å². The van der Waals surface area contributed by atoms with Crippen molar-refractivity contribution in [1.29, 1.82) is 0 Å². The van der Waals surface area contributed by atoms with Crippen molar-refractivity contribution in [3.8, 4) is 0 Å². The molecule has 0 fully saturated rings. The third kappa shape index (κ3) is 3.36. The van der Waals surface area contributed by atoms with Gasteiger partial charge in [-0.25, -0.2) is 14.4 Å². The van der Waals surface area contributed by atoms with Crippen molar-refractivity contribution < 1.29 is 4.39 Å². The van der Waals surface area contributed by atoms with Gasteiger partial charge in [0, 0.05) is 5.69 Å². The van der Waals surface area contributed by atoms with Crippen LogP contribution in [0.4, 0.5) is 4.39 Å². The molecule has 0 aliphatic carbocycles. The molecule has 0 atom stereocenters. The van der Waals surface area contributed by atoms with Crippen LogP contribution in [0.5, 0.6) is 0 Å². The predicted octanol–water partition coefficient (Wildman–Crippen LogP) is 3.75. The van der Waals surface area contributed by atoms with Crippen LogP contribution in [0, 0.1) is 12.7 Å². The van der Waals surface area contributed by atoms with Gasteiger partial charge in [-0.15, -0.1) is 0 Å². The average molecular weight is 249 g/mol. The van der Waals surface area contributed by atoms with Crippen molar-refractivity contribution in [3.63, 3.8) is 0 Å². The summed E-state index contributed by atoms with van der Waals surface area (Å²) < 4.78 is 12.9. The van der Waals surface area contributed by atoms with Crippen LogP contribution in [0.3, 0.4) is 0 Å². The molecule has 0 unspecified atom stereocenters. The Labute approximate surface area is 104 Å². The van der Waals surface area contributed by atoms with Gasteiger partial charge in [0.2, 0.25) is 0 Å². The van der Waals surface area contributed by atoms with Crippen molar-refractivity contribution in [3.05, 3.63) is 58.4 Å². The Bertz CT molecular complexity index is 547. The maximum absolute atomic E-state index is 12.9. The Morgan fingerprint density at radius 3 is 2.71 bits per heavy atom. The summed E-state index contributed by atoms with van der Waals surface area (Å²) in [5.41, 5.74) is 1.55. The molecule has 2 rings (SSSR count). The quantitative estimate of drug-likeness (QED) is 0.757. The molecule has 4 heteroatoms. The van der Waals surface area contributed by atoms with Gasteiger partial charge in [-0.05, 0) is 36.8 Å². The highest BCUT2D eigenvalue weighted by Gasteiger charge is 1.97. The van der Waals surface area contributed by atoms with E-state index in [4.69, 9.17) is 11.6 Å². The Morgan fingerprint density at radius 1 is 1.18 bits per heavy atom. The molecule has 2 aromatic rings. The molecule has 1 aromatic heterocycles. The van der Waals surface area contributed by atoms with E-state index in [-0.39, 0.29) is 5.82 Å². The molecule has 0 saturated heterocycles. The van der Waals surface area contributed by atoms with Crippen LogP contribution in [0.15, 0.2) is 30.3 Å². The molecule has 0 spiro atoms. The molecular formula is C13H10ClFN2. The number of halogens is 2. The number of nitrogens with zero attached hydrogens (tertiary/aromatic N) is 2. The first-order chi connectivity index (χ1) is 8.13. The smallest absolute Gasteiger partial charge is 0.153 e. The van der Waals surface area contributed by atoms with Crippen LogP contribution in [-0.2, 0) is 0 Å². The summed E-state index contributed by atoms with van der Waals surface area (Å²) >= 11 is 5.81. The van der Waals surface area contributed by atoms with Crippen molar-refractivity contribution in [2.45, 2.75) is 6.92 Å². The first-order valence-electron chi connectivity index (χ1n) is 5.08. The van der Waals surface area contributed by atoms with Crippen LogP contribution < -0.4 is 0 Å². The van der Waals surface area contributed by atoms with Crippen LogP contribution in [-0.4, -0.2) is 9.97 Å². The largest absolute Gasteiger partial charge is 0.234 e. The summed E-state index contributed by atoms with van der Waals surface area (Å²) in [6, 6.07) is 7.97. The highest BCUT2D eigenvalue weighted by molar-refractivity contribution is 6.29. The number of aryl methyl sites for hydroxylation is 1. The molecule has 1 heterocycles. The lowest BCUT2D eigenvalue weighted by atomic mass is 10.2. The van der Waals surface area contributed by atoms with E-state index in [1.54, 1.807) is 30.4 Å². The van der Waals surface area contributed by atoms with Crippen molar-refractivity contribution in [1.82, 2.24) is 9.97 Å². The third-order valence-corrected chi connectivity index (χ3v) is 2.31. The summed E-state index contributed by atoms with van der Waals surface area (Å²) in [6.07, 6.45) is 3.45. The van der Waals surface area contributed by atoms with E-state index >= 15 is 0 Å². The molecule has 86 valence electrons. The second-order valence-electron chi connectivity index (χ2n) is 3.58. The monoisotopic (exact) mass is 248 g/mol. The molecule has 0 aliphatic heterocycles. The van der Waals surface area contributed by atoms with Crippen molar-refractivity contribution in [2.24, 2.45) is 0 Å². The number of hydrogen-bond acceptors (Lipinski definition) is 2. The fraction of sp³-hybridized carbons (Fsp3) is 0.0769. The number of benzene rings is 1. The molecule has 1 aromatic carbocycles. The van der Waals surface area contributed by atoms with E-state index in [0.29, 0.717) is 11.0 Å². The normalized spacial score (nSPS) is 11.0. The third-order valence-electron chi connectivity index (χ3n) is 2.11. The van der Waals surface area contributed by atoms with Gasteiger partial charge in [-0.3, -0.25) is 0 Å². The molecule has 0 radical (unpaired) electrons. The zero-order valence-corrected chi connectivity index (χ0v) is 9.95. The lowest BCUT2D eigenvalue weighted by Crippen LogP contribution is -1.90. The number of aromatic nitrogens is 2. The minimum atomic E-state index is -0.268. The molecule has 0 saturated carbocycles. The molecular weight excluding hydrogens is 239 g/mol. The molecule has 0 N–H and O–H groups in total. The Kier molecular flexibility index (Phi) is 3.49. The standard InChI is InChI=1S/C13H10ClFN2/c1-9-7-12(14)17-13(16-9)6-5-10-3-2-4-11(15)8-10/h2-8H,1H3. The summed E-state index contributed by atoms with van der Waals surface area (Å²) in [7, 11) is 0. The fourth-order valence-electron chi connectivity index (χ4n) is 1.41. The first-order valence-corrected chi connectivity index (χ1v) is 5.46. The molecule has 0 amide bonds. The van der Waals surface area contributed by atoms with Crippen LogP contribution >= 0.6 is 11.6 Å². The predicted molar refractivity (Wildman–Crippen MR) is 67.1 cm³/mol. The van der Waals surface area contributed by atoms with E-state index in [1.165, 1.54) is 12.1 Å². The molecule has 0 aliphatic rings. The van der Waals surface area contributed by atoms with E-state index < -0.39 is 0 Å². The van der Waals surface area contributed by atoms with Gasteiger partial charge in [-0.2, -0.15) is 0 Å². The summed E-state index contributed by atoms with van der Waals surface area (Å²) in [5, 5.41) is 0.399. The summed E-state index contributed by atoms with van der Waals surface area (Å²) in [6.45, 7) is 1.84. The number of hydrogen-bond donors (Lipinski definition) is 0. The fourth-order valence-corrected chi connectivity index (χ4v) is 1.65. The Morgan fingerprint density at radius 2 is 2.00 bits per heavy atom. The lowest BCUT2D eigenvalue weighted by molar-refractivity contribution is 0.627. The summed E-state index contributed by atoms with van der Waals surface area (Å²) in [5.74, 6) is 0.245. The minimum absolute atomic E-state index is 0.268.